The Morgan fingerprint density at radius 3 is 2.55 bits per heavy atom. The summed E-state index contributed by atoms with van der Waals surface area (Å²) in [5, 5.41) is 2.59. The van der Waals surface area contributed by atoms with Crippen molar-refractivity contribution >= 4 is 5.91 Å². The number of carbonyl (C=O) groups is 1. The highest BCUT2D eigenvalue weighted by Gasteiger charge is 2.13. The third-order valence-corrected chi connectivity index (χ3v) is 1.83. The second-order valence-electron chi connectivity index (χ2n) is 3.37. The van der Waals surface area contributed by atoms with E-state index in [2.05, 4.69) is 25.7 Å². The minimum atomic E-state index is 0.0759. The van der Waals surface area contributed by atoms with E-state index in [1.54, 1.807) is 7.05 Å². The molecule has 0 fully saturated rings. The van der Waals surface area contributed by atoms with Crippen molar-refractivity contribution in [3.05, 3.63) is 12.7 Å². The van der Waals surface area contributed by atoms with Gasteiger partial charge in [-0.25, -0.2) is 0 Å². The maximum Gasteiger partial charge on any atom is 0.219 e. The van der Waals surface area contributed by atoms with Crippen molar-refractivity contribution < 1.29 is 4.79 Å². The van der Waals surface area contributed by atoms with Crippen molar-refractivity contribution in [2.75, 3.05) is 7.05 Å². The normalized spacial score (nSPS) is 10.8. The van der Waals surface area contributed by atoms with Crippen molar-refractivity contribution in [1.82, 2.24) is 5.32 Å². The zero-order chi connectivity index (χ0) is 8.91. The molecular formula is C9H17NO. The van der Waals surface area contributed by atoms with E-state index in [-0.39, 0.29) is 11.3 Å². The first kappa shape index (κ1) is 10.2. The topological polar surface area (TPSA) is 29.1 Å². The molecule has 64 valence electrons. The standard InChI is InChI=1S/C9H17NO/c1-5-9(2,3)7-6-8(11)10-4/h5H,1,6-7H2,2-4H3,(H,10,11). The van der Waals surface area contributed by atoms with Crippen LogP contribution in [-0.2, 0) is 4.79 Å². The molecule has 0 aromatic heterocycles. The molecule has 2 nitrogen and oxygen atoms in total. The minimum Gasteiger partial charge on any atom is -0.359 e. The van der Waals surface area contributed by atoms with E-state index in [1.165, 1.54) is 0 Å². The minimum absolute atomic E-state index is 0.0759. The lowest BCUT2D eigenvalue weighted by atomic mass is 9.88. The van der Waals surface area contributed by atoms with Crippen molar-refractivity contribution in [2.24, 2.45) is 5.41 Å². The van der Waals surface area contributed by atoms with Gasteiger partial charge in [0.2, 0.25) is 5.91 Å². The Hall–Kier alpha value is -0.790. The van der Waals surface area contributed by atoms with Gasteiger partial charge in [0.25, 0.3) is 0 Å². The van der Waals surface area contributed by atoms with E-state index in [4.69, 9.17) is 0 Å². The van der Waals surface area contributed by atoms with Gasteiger partial charge in [-0.2, -0.15) is 0 Å². The van der Waals surface area contributed by atoms with Gasteiger partial charge in [-0.3, -0.25) is 4.79 Å². The quantitative estimate of drug-likeness (QED) is 0.615. The lowest BCUT2D eigenvalue weighted by Gasteiger charge is -2.18. The first-order valence-corrected chi connectivity index (χ1v) is 3.86. The van der Waals surface area contributed by atoms with Crippen LogP contribution in [0.1, 0.15) is 26.7 Å². The molecule has 0 saturated heterocycles. The van der Waals surface area contributed by atoms with Crippen LogP contribution in [0.15, 0.2) is 12.7 Å². The molecule has 0 aliphatic carbocycles. The fraction of sp³-hybridized carbons (Fsp3) is 0.667. The van der Waals surface area contributed by atoms with Crippen molar-refractivity contribution in [3.8, 4) is 0 Å². The van der Waals surface area contributed by atoms with Gasteiger partial charge in [-0.15, -0.1) is 6.58 Å². The van der Waals surface area contributed by atoms with Crippen LogP contribution >= 0.6 is 0 Å². The predicted octanol–water partition coefficient (Wildman–Crippen LogP) is 1.72. The maximum absolute atomic E-state index is 10.8. The van der Waals surface area contributed by atoms with Gasteiger partial charge in [0.05, 0.1) is 0 Å². The van der Waals surface area contributed by atoms with E-state index in [1.807, 2.05) is 6.08 Å². The van der Waals surface area contributed by atoms with E-state index in [9.17, 15) is 4.79 Å². The van der Waals surface area contributed by atoms with Gasteiger partial charge in [-0.05, 0) is 11.8 Å². The molecule has 11 heavy (non-hydrogen) atoms. The maximum atomic E-state index is 10.8. The lowest BCUT2D eigenvalue weighted by molar-refractivity contribution is -0.121. The largest absolute Gasteiger partial charge is 0.359 e. The molecule has 0 saturated carbocycles. The van der Waals surface area contributed by atoms with Gasteiger partial charge in [0.15, 0.2) is 0 Å². The molecule has 0 aromatic carbocycles. The van der Waals surface area contributed by atoms with Crippen LogP contribution in [-0.4, -0.2) is 13.0 Å². The van der Waals surface area contributed by atoms with E-state index in [0.29, 0.717) is 6.42 Å². The molecular weight excluding hydrogens is 138 g/mol. The summed E-state index contributed by atoms with van der Waals surface area (Å²) >= 11 is 0. The highest BCUT2D eigenvalue weighted by atomic mass is 16.1. The summed E-state index contributed by atoms with van der Waals surface area (Å²) in [5.74, 6) is 0.0972. The lowest BCUT2D eigenvalue weighted by Crippen LogP contribution is -2.20. The number of allylic oxidation sites excluding steroid dienone is 1. The molecule has 0 radical (unpaired) electrons. The van der Waals surface area contributed by atoms with Crippen LogP contribution in [0.25, 0.3) is 0 Å². The first-order valence-electron chi connectivity index (χ1n) is 3.86. The van der Waals surface area contributed by atoms with Crippen LogP contribution in [0.5, 0.6) is 0 Å². The molecule has 0 aromatic rings. The average molecular weight is 155 g/mol. The molecule has 0 heterocycles. The summed E-state index contributed by atoms with van der Waals surface area (Å²) in [7, 11) is 1.66. The third kappa shape index (κ3) is 4.59. The molecule has 0 atom stereocenters. The Labute approximate surface area is 68.7 Å². The Morgan fingerprint density at radius 1 is 1.64 bits per heavy atom. The number of hydrogen-bond acceptors (Lipinski definition) is 1. The molecule has 0 aliphatic heterocycles. The Kier molecular flexibility index (Phi) is 3.86. The van der Waals surface area contributed by atoms with Crippen molar-refractivity contribution in [1.29, 1.82) is 0 Å². The molecule has 1 amide bonds. The Bertz CT molecular complexity index is 150. The van der Waals surface area contributed by atoms with Crippen LogP contribution in [0, 0.1) is 5.41 Å². The Balaban J connectivity index is 3.69. The Morgan fingerprint density at radius 2 is 2.18 bits per heavy atom. The summed E-state index contributed by atoms with van der Waals surface area (Å²) in [6.45, 7) is 7.85. The summed E-state index contributed by atoms with van der Waals surface area (Å²) in [6.07, 6.45) is 3.32. The fourth-order valence-electron chi connectivity index (χ4n) is 0.663. The summed E-state index contributed by atoms with van der Waals surface area (Å²) in [6, 6.07) is 0. The van der Waals surface area contributed by atoms with Crippen LogP contribution in [0.4, 0.5) is 0 Å². The molecule has 0 rings (SSSR count). The third-order valence-electron chi connectivity index (χ3n) is 1.83. The second kappa shape index (κ2) is 4.16. The average Bonchev–Trinajstić information content (AvgIpc) is 2.00. The van der Waals surface area contributed by atoms with Crippen LogP contribution in [0.3, 0.4) is 0 Å². The van der Waals surface area contributed by atoms with Gasteiger partial charge in [-0.1, -0.05) is 19.9 Å². The molecule has 2 heteroatoms. The zero-order valence-electron chi connectivity index (χ0n) is 7.61. The fourth-order valence-corrected chi connectivity index (χ4v) is 0.663. The zero-order valence-corrected chi connectivity index (χ0v) is 7.61. The summed E-state index contributed by atoms with van der Waals surface area (Å²) < 4.78 is 0. The molecule has 0 aliphatic rings. The monoisotopic (exact) mass is 155 g/mol. The number of nitrogens with one attached hydrogen (secondary N) is 1. The second-order valence-corrected chi connectivity index (χ2v) is 3.37. The van der Waals surface area contributed by atoms with Crippen molar-refractivity contribution in [3.63, 3.8) is 0 Å². The van der Waals surface area contributed by atoms with Gasteiger partial charge >= 0.3 is 0 Å². The van der Waals surface area contributed by atoms with Crippen molar-refractivity contribution in [2.45, 2.75) is 26.7 Å². The van der Waals surface area contributed by atoms with Crippen LogP contribution < -0.4 is 5.32 Å². The number of carbonyl (C=O) groups excluding carboxylic acids is 1. The molecule has 0 bridgehead atoms. The highest BCUT2D eigenvalue weighted by molar-refractivity contribution is 5.75. The smallest absolute Gasteiger partial charge is 0.219 e. The predicted molar refractivity (Wildman–Crippen MR) is 47.3 cm³/mol. The van der Waals surface area contributed by atoms with E-state index >= 15 is 0 Å². The SMILES string of the molecule is C=CC(C)(C)CCC(=O)NC. The number of hydrogen-bond donors (Lipinski definition) is 1. The number of amides is 1. The molecule has 1 N–H and O–H groups in total. The van der Waals surface area contributed by atoms with Gasteiger partial charge in [0, 0.05) is 13.5 Å². The van der Waals surface area contributed by atoms with Crippen LogP contribution in [0.2, 0.25) is 0 Å². The number of rotatable bonds is 4. The van der Waals surface area contributed by atoms with Gasteiger partial charge < -0.3 is 5.32 Å². The summed E-state index contributed by atoms with van der Waals surface area (Å²) in [4.78, 5) is 10.8. The first-order chi connectivity index (χ1) is 5.02. The highest BCUT2D eigenvalue weighted by Crippen LogP contribution is 2.22. The van der Waals surface area contributed by atoms with Gasteiger partial charge in [0.1, 0.15) is 0 Å². The van der Waals surface area contributed by atoms with E-state index in [0.717, 1.165) is 6.42 Å². The van der Waals surface area contributed by atoms with E-state index < -0.39 is 0 Å². The summed E-state index contributed by atoms with van der Waals surface area (Å²) in [5.41, 5.74) is 0.0759. The molecule has 0 unspecified atom stereocenters. The molecule has 0 spiro atoms.